The Kier molecular flexibility index (Phi) is 5.96. The van der Waals surface area contributed by atoms with Gasteiger partial charge in [-0.15, -0.1) is 0 Å². The molecule has 2 fully saturated rings. The van der Waals surface area contributed by atoms with E-state index in [4.69, 9.17) is 9.73 Å². The number of guanidine groups is 1. The van der Waals surface area contributed by atoms with Gasteiger partial charge in [-0.3, -0.25) is 4.99 Å². The van der Waals surface area contributed by atoms with Crippen molar-refractivity contribution in [2.45, 2.75) is 25.7 Å². The summed E-state index contributed by atoms with van der Waals surface area (Å²) in [6.07, 6.45) is 2.39. The highest BCUT2D eigenvalue weighted by molar-refractivity contribution is 5.80. The van der Waals surface area contributed by atoms with Crippen molar-refractivity contribution in [3.05, 3.63) is 71.8 Å². The second kappa shape index (κ2) is 8.78. The predicted molar refractivity (Wildman–Crippen MR) is 115 cm³/mol. The van der Waals surface area contributed by atoms with Gasteiger partial charge in [0.05, 0.1) is 13.2 Å². The molecular formula is C24H31N3O. The Bertz CT molecular complexity index is 729. The minimum absolute atomic E-state index is 0.266. The molecule has 4 heteroatoms. The summed E-state index contributed by atoms with van der Waals surface area (Å²) in [5, 5.41) is 3.52. The van der Waals surface area contributed by atoms with Gasteiger partial charge >= 0.3 is 0 Å². The number of hydrogen-bond acceptors (Lipinski definition) is 2. The van der Waals surface area contributed by atoms with Gasteiger partial charge in [-0.2, -0.15) is 0 Å². The number of likely N-dealkylation sites (tertiary alicyclic amines) is 1. The van der Waals surface area contributed by atoms with Crippen LogP contribution in [0.25, 0.3) is 0 Å². The zero-order chi connectivity index (χ0) is 19.2. The second-order valence-corrected chi connectivity index (χ2v) is 8.04. The average Bonchev–Trinajstić information content (AvgIpc) is 3.39. The third-order valence-corrected chi connectivity index (χ3v) is 6.09. The molecule has 0 radical (unpaired) electrons. The summed E-state index contributed by atoms with van der Waals surface area (Å²) in [6.45, 7) is 7.71. The van der Waals surface area contributed by atoms with E-state index in [0.29, 0.717) is 5.41 Å². The SMILES string of the molecule is CCNC(=NCC(c1ccccc1)c1ccccc1)N1CCC2(CCOC2)C1. The van der Waals surface area contributed by atoms with Crippen LogP contribution >= 0.6 is 0 Å². The Morgan fingerprint density at radius 3 is 2.32 bits per heavy atom. The number of hydrogen-bond donors (Lipinski definition) is 1. The number of benzene rings is 2. The summed E-state index contributed by atoms with van der Waals surface area (Å²) in [4.78, 5) is 7.53. The van der Waals surface area contributed by atoms with Crippen LogP contribution in [0.5, 0.6) is 0 Å². The molecule has 2 aromatic carbocycles. The first kappa shape index (κ1) is 19.0. The second-order valence-electron chi connectivity index (χ2n) is 8.04. The summed E-state index contributed by atoms with van der Waals surface area (Å²) in [5.41, 5.74) is 2.97. The molecule has 0 aromatic heterocycles. The van der Waals surface area contributed by atoms with Crippen molar-refractivity contribution in [3.63, 3.8) is 0 Å². The fourth-order valence-corrected chi connectivity index (χ4v) is 4.46. The van der Waals surface area contributed by atoms with Crippen LogP contribution in [0.4, 0.5) is 0 Å². The Hall–Kier alpha value is -2.33. The molecule has 4 nitrogen and oxygen atoms in total. The van der Waals surface area contributed by atoms with E-state index in [0.717, 1.165) is 45.4 Å². The molecular weight excluding hydrogens is 346 g/mol. The van der Waals surface area contributed by atoms with Gasteiger partial charge < -0.3 is 15.0 Å². The van der Waals surface area contributed by atoms with E-state index in [9.17, 15) is 0 Å². The van der Waals surface area contributed by atoms with Crippen LogP contribution in [0, 0.1) is 5.41 Å². The average molecular weight is 378 g/mol. The van der Waals surface area contributed by atoms with E-state index in [-0.39, 0.29) is 5.92 Å². The molecule has 1 unspecified atom stereocenters. The van der Waals surface area contributed by atoms with Crippen LogP contribution in [0.1, 0.15) is 36.8 Å². The number of nitrogens with one attached hydrogen (secondary N) is 1. The van der Waals surface area contributed by atoms with E-state index in [1.807, 2.05) is 0 Å². The smallest absolute Gasteiger partial charge is 0.193 e. The summed E-state index contributed by atoms with van der Waals surface area (Å²) in [7, 11) is 0. The van der Waals surface area contributed by atoms with E-state index in [1.165, 1.54) is 24.0 Å². The van der Waals surface area contributed by atoms with Gasteiger partial charge in [0.25, 0.3) is 0 Å². The largest absolute Gasteiger partial charge is 0.381 e. The maximum atomic E-state index is 5.70. The zero-order valence-corrected chi connectivity index (χ0v) is 16.8. The van der Waals surface area contributed by atoms with Crippen molar-refractivity contribution in [2.75, 3.05) is 39.4 Å². The van der Waals surface area contributed by atoms with Gasteiger partial charge in [0.2, 0.25) is 0 Å². The lowest BCUT2D eigenvalue weighted by molar-refractivity contribution is 0.156. The number of nitrogens with zero attached hydrogens (tertiary/aromatic N) is 2. The highest BCUT2D eigenvalue weighted by Gasteiger charge is 2.42. The van der Waals surface area contributed by atoms with Gasteiger partial charge in [0, 0.05) is 37.6 Å². The summed E-state index contributed by atoms with van der Waals surface area (Å²) in [5.74, 6) is 1.31. The predicted octanol–water partition coefficient (Wildman–Crippen LogP) is 3.90. The van der Waals surface area contributed by atoms with Gasteiger partial charge in [0.1, 0.15) is 0 Å². The van der Waals surface area contributed by atoms with Crippen molar-refractivity contribution < 1.29 is 4.74 Å². The molecule has 28 heavy (non-hydrogen) atoms. The Morgan fingerprint density at radius 2 is 1.75 bits per heavy atom. The monoisotopic (exact) mass is 377 g/mol. The fraction of sp³-hybridized carbons (Fsp3) is 0.458. The molecule has 2 aliphatic rings. The first-order valence-corrected chi connectivity index (χ1v) is 10.5. The van der Waals surface area contributed by atoms with Crippen LogP contribution in [0.3, 0.4) is 0 Å². The molecule has 148 valence electrons. The molecule has 4 rings (SSSR count). The molecule has 2 aliphatic heterocycles. The molecule has 2 aromatic rings. The quantitative estimate of drug-likeness (QED) is 0.634. The number of rotatable bonds is 5. The van der Waals surface area contributed by atoms with Crippen LogP contribution in [0.15, 0.2) is 65.7 Å². The highest BCUT2D eigenvalue weighted by Crippen LogP contribution is 2.38. The minimum atomic E-state index is 0.266. The van der Waals surface area contributed by atoms with Crippen LogP contribution in [0.2, 0.25) is 0 Å². The topological polar surface area (TPSA) is 36.9 Å². The van der Waals surface area contributed by atoms with Crippen molar-refractivity contribution >= 4 is 5.96 Å². The van der Waals surface area contributed by atoms with Gasteiger partial charge in [-0.05, 0) is 30.9 Å². The fourth-order valence-electron chi connectivity index (χ4n) is 4.46. The van der Waals surface area contributed by atoms with E-state index >= 15 is 0 Å². The zero-order valence-electron chi connectivity index (χ0n) is 16.8. The van der Waals surface area contributed by atoms with Crippen LogP contribution in [-0.4, -0.2) is 50.3 Å². The molecule has 0 bridgehead atoms. The van der Waals surface area contributed by atoms with Crippen LogP contribution < -0.4 is 5.32 Å². The van der Waals surface area contributed by atoms with E-state index in [1.54, 1.807) is 0 Å². The molecule has 0 amide bonds. The van der Waals surface area contributed by atoms with Crippen molar-refractivity contribution in [3.8, 4) is 0 Å². The maximum Gasteiger partial charge on any atom is 0.193 e. The molecule has 2 saturated heterocycles. The minimum Gasteiger partial charge on any atom is -0.381 e. The van der Waals surface area contributed by atoms with Gasteiger partial charge in [0.15, 0.2) is 5.96 Å². The Balaban J connectivity index is 1.55. The first-order chi connectivity index (χ1) is 13.8. The molecule has 1 atom stereocenters. The molecule has 1 spiro atoms. The maximum absolute atomic E-state index is 5.70. The third kappa shape index (κ3) is 4.22. The van der Waals surface area contributed by atoms with Gasteiger partial charge in [-0.25, -0.2) is 0 Å². The van der Waals surface area contributed by atoms with E-state index < -0.39 is 0 Å². The standard InChI is InChI=1S/C24H31N3O/c1-2-25-23(27-15-13-24(18-27)14-16-28-19-24)26-17-22(20-9-5-3-6-10-20)21-11-7-4-8-12-21/h3-12,22H,2,13-19H2,1H3,(H,25,26). The van der Waals surface area contributed by atoms with Crippen LogP contribution in [-0.2, 0) is 4.74 Å². The first-order valence-electron chi connectivity index (χ1n) is 10.5. The lowest BCUT2D eigenvalue weighted by Gasteiger charge is -2.25. The van der Waals surface area contributed by atoms with Crippen molar-refractivity contribution in [1.29, 1.82) is 0 Å². The lowest BCUT2D eigenvalue weighted by Crippen LogP contribution is -2.41. The number of aliphatic imine (C=N–C) groups is 1. The highest BCUT2D eigenvalue weighted by atomic mass is 16.5. The number of ether oxygens (including phenoxy) is 1. The van der Waals surface area contributed by atoms with E-state index in [2.05, 4.69) is 77.8 Å². The normalized spacial score (nSPS) is 22.4. The summed E-state index contributed by atoms with van der Waals surface area (Å²) in [6, 6.07) is 21.5. The Morgan fingerprint density at radius 1 is 1.07 bits per heavy atom. The Labute approximate surface area is 168 Å². The van der Waals surface area contributed by atoms with Crippen molar-refractivity contribution in [2.24, 2.45) is 10.4 Å². The molecule has 1 N–H and O–H groups in total. The third-order valence-electron chi connectivity index (χ3n) is 6.09. The lowest BCUT2D eigenvalue weighted by atomic mass is 9.87. The molecule has 0 aliphatic carbocycles. The molecule has 2 heterocycles. The van der Waals surface area contributed by atoms with Gasteiger partial charge in [-0.1, -0.05) is 60.7 Å². The van der Waals surface area contributed by atoms with Crippen molar-refractivity contribution in [1.82, 2.24) is 10.2 Å². The summed E-state index contributed by atoms with van der Waals surface area (Å²) >= 11 is 0. The summed E-state index contributed by atoms with van der Waals surface area (Å²) < 4.78 is 5.70. The molecule has 0 saturated carbocycles.